The van der Waals surface area contributed by atoms with Crippen LogP contribution in [0, 0.1) is 0 Å². The summed E-state index contributed by atoms with van der Waals surface area (Å²) in [7, 11) is 0. The van der Waals surface area contributed by atoms with E-state index >= 15 is 0 Å². The predicted octanol–water partition coefficient (Wildman–Crippen LogP) is 4.13. The molecule has 0 aromatic heterocycles. The van der Waals surface area contributed by atoms with Crippen LogP contribution >= 0.6 is 0 Å². The molecule has 0 aromatic carbocycles. The van der Waals surface area contributed by atoms with Gasteiger partial charge in [0.1, 0.15) is 0 Å². The number of rotatable bonds is 17. The molecule has 0 rings (SSSR count). The normalized spacial score (nSPS) is 15.7. The molecule has 156 valence electrons. The number of hydrogen-bond acceptors (Lipinski definition) is 4. The molecule has 0 fully saturated rings. The first-order chi connectivity index (χ1) is 13.0. The largest absolute Gasteiger partial charge is 0.481 e. The first kappa shape index (κ1) is 25.6. The minimum atomic E-state index is -0.771. The Morgan fingerprint density at radius 3 is 2.30 bits per heavy atom. The van der Waals surface area contributed by atoms with E-state index in [9.17, 15) is 20.1 Å². The molecule has 4 N–H and O–H groups in total. The molecule has 0 aliphatic rings. The molecule has 27 heavy (non-hydrogen) atoms. The first-order valence-electron chi connectivity index (χ1n) is 10.2. The number of allylic oxidation sites excluding steroid dienone is 4. The maximum Gasteiger partial charge on any atom is 0.303 e. The standard InChI is InChI=1S/C22H38O5/c1-2-3-9-16-20(24)21(25)17-12-7-5-4-6-10-14-19(23)15-11-8-13-18-22(26)27/h4,6-7,10,12,14,19-21,23-25H,2-3,5,8-9,11,13,15-18H2,1H3,(H,26,27). The lowest BCUT2D eigenvalue weighted by molar-refractivity contribution is -0.137. The van der Waals surface area contributed by atoms with Crippen molar-refractivity contribution in [2.45, 2.75) is 95.9 Å². The van der Waals surface area contributed by atoms with Crippen LogP contribution in [0.4, 0.5) is 0 Å². The Balaban J connectivity index is 3.75. The minimum absolute atomic E-state index is 0.192. The van der Waals surface area contributed by atoms with Gasteiger partial charge >= 0.3 is 5.97 Å². The molecule has 0 saturated carbocycles. The van der Waals surface area contributed by atoms with Crippen LogP contribution in [0.5, 0.6) is 0 Å². The predicted molar refractivity (Wildman–Crippen MR) is 110 cm³/mol. The lowest BCUT2D eigenvalue weighted by Crippen LogP contribution is -2.25. The van der Waals surface area contributed by atoms with Crippen LogP contribution in [-0.4, -0.2) is 44.7 Å². The van der Waals surface area contributed by atoms with Crippen LogP contribution < -0.4 is 0 Å². The number of carbonyl (C=O) groups is 1. The highest BCUT2D eigenvalue weighted by molar-refractivity contribution is 5.66. The second kappa shape index (κ2) is 18.0. The number of hydrogen-bond donors (Lipinski definition) is 4. The summed E-state index contributed by atoms with van der Waals surface area (Å²) in [6, 6.07) is 0. The second-order valence-corrected chi connectivity index (χ2v) is 6.95. The minimum Gasteiger partial charge on any atom is -0.481 e. The number of carboxylic acid groups (broad SMARTS) is 1. The Bertz CT molecular complexity index is 442. The molecule has 5 heteroatoms. The third-order valence-electron chi connectivity index (χ3n) is 4.33. The van der Waals surface area contributed by atoms with Crippen molar-refractivity contribution in [2.75, 3.05) is 0 Å². The lowest BCUT2D eigenvalue weighted by atomic mass is 10.0. The molecular weight excluding hydrogens is 344 g/mol. The monoisotopic (exact) mass is 382 g/mol. The molecule has 0 heterocycles. The summed E-state index contributed by atoms with van der Waals surface area (Å²) >= 11 is 0. The molecular formula is C22H38O5. The molecule has 3 unspecified atom stereocenters. The highest BCUT2D eigenvalue weighted by Gasteiger charge is 2.13. The first-order valence-corrected chi connectivity index (χ1v) is 10.2. The van der Waals surface area contributed by atoms with Gasteiger partial charge in [-0.15, -0.1) is 0 Å². The fraction of sp³-hybridized carbons (Fsp3) is 0.682. The molecule has 3 atom stereocenters. The lowest BCUT2D eigenvalue weighted by Gasteiger charge is -2.15. The maximum absolute atomic E-state index is 10.4. The zero-order valence-corrected chi connectivity index (χ0v) is 16.7. The fourth-order valence-electron chi connectivity index (χ4n) is 2.62. The van der Waals surface area contributed by atoms with Crippen LogP contribution in [0.3, 0.4) is 0 Å². The van der Waals surface area contributed by atoms with E-state index in [4.69, 9.17) is 5.11 Å². The van der Waals surface area contributed by atoms with Gasteiger partial charge < -0.3 is 20.4 Å². The van der Waals surface area contributed by atoms with E-state index in [2.05, 4.69) is 6.92 Å². The molecule has 0 radical (unpaired) electrons. The molecule has 0 spiro atoms. The Kier molecular flexibility index (Phi) is 17.0. The quantitative estimate of drug-likeness (QED) is 0.172. The van der Waals surface area contributed by atoms with E-state index in [1.54, 1.807) is 6.08 Å². The Labute approximate surface area is 164 Å². The van der Waals surface area contributed by atoms with Crippen LogP contribution in [0.15, 0.2) is 36.5 Å². The number of aliphatic hydroxyl groups excluding tert-OH is 3. The number of aliphatic hydroxyl groups is 3. The third kappa shape index (κ3) is 17.7. The fourth-order valence-corrected chi connectivity index (χ4v) is 2.62. The second-order valence-electron chi connectivity index (χ2n) is 6.95. The van der Waals surface area contributed by atoms with Crippen LogP contribution in [0.2, 0.25) is 0 Å². The molecule has 0 aliphatic heterocycles. The molecule has 0 bridgehead atoms. The van der Waals surface area contributed by atoms with E-state index in [1.165, 1.54) is 0 Å². The van der Waals surface area contributed by atoms with Crippen molar-refractivity contribution in [2.24, 2.45) is 0 Å². The van der Waals surface area contributed by atoms with Crippen molar-refractivity contribution in [1.82, 2.24) is 0 Å². The van der Waals surface area contributed by atoms with Gasteiger partial charge in [0.2, 0.25) is 0 Å². The molecule has 5 nitrogen and oxygen atoms in total. The Morgan fingerprint density at radius 2 is 1.59 bits per heavy atom. The summed E-state index contributed by atoms with van der Waals surface area (Å²) < 4.78 is 0. The van der Waals surface area contributed by atoms with Gasteiger partial charge in [-0.05, 0) is 32.1 Å². The molecule has 0 aromatic rings. The number of carboxylic acids is 1. The van der Waals surface area contributed by atoms with E-state index in [1.807, 2.05) is 30.4 Å². The zero-order chi connectivity index (χ0) is 20.3. The molecule has 0 aliphatic carbocycles. The highest BCUT2D eigenvalue weighted by atomic mass is 16.4. The van der Waals surface area contributed by atoms with Crippen molar-refractivity contribution in [1.29, 1.82) is 0 Å². The number of aliphatic carboxylic acids is 1. The topological polar surface area (TPSA) is 98.0 Å². The zero-order valence-electron chi connectivity index (χ0n) is 16.7. The van der Waals surface area contributed by atoms with Gasteiger partial charge in [-0.1, -0.05) is 75.5 Å². The van der Waals surface area contributed by atoms with Crippen molar-refractivity contribution in [3.8, 4) is 0 Å². The third-order valence-corrected chi connectivity index (χ3v) is 4.33. The van der Waals surface area contributed by atoms with Crippen LogP contribution in [-0.2, 0) is 4.79 Å². The molecule has 0 amide bonds. The van der Waals surface area contributed by atoms with Gasteiger partial charge in [-0.3, -0.25) is 4.79 Å². The summed E-state index contributed by atoms with van der Waals surface area (Å²) in [5.74, 6) is -0.771. The average Bonchev–Trinajstić information content (AvgIpc) is 2.63. The van der Waals surface area contributed by atoms with Gasteiger partial charge in [0.15, 0.2) is 0 Å². The maximum atomic E-state index is 10.4. The van der Waals surface area contributed by atoms with Gasteiger partial charge in [0.05, 0.1) is 18.3 Å². The Hall–Kier alpha value is -1.43. The van der Waals surface area contributed by atoms with Crippen LogP contribution in [0.25, 0.3) is 0 Å². The van der Waals surface area contributed by atoms with Gasteiger partial charge in [-0.2, -0.15) is 0 Å². The summed E-state index contributed by atoms with van der Waals surface area (Å²) in [5, 5.41) is 38.0. The van der Waals surface area contributed by atoms with E-state index in [-0.39, 0.29) is 6.42 Å². The summed E-state index contributed by atoms with van der Waals surface area (Å²) in [4.78, 5) is 10.4. The van der Waals surface area contributed by atoms with E-state index in [0.717, 1.165) is 38.5 Å². The summed E-state index contributed by atoms with van der Waals surface area (Å²) in [5.41, 5.74) is 0. The highest BCUT2D eigenvalue weighted by Crippen LogP contribution is 2.10. The number of unbranched alkanes of at least 4 members (excludes halogenated alkanes) is 4. The van der Waals surface area contributed by atoms with E-state index < -0.39 is 24.3 Å². The van der Waals surface area contributed by atoms with Crippen molar-refractivity contribution < 1.29 is 25.2 Å². The smallest absolute Gasteiger partial charge is 0.303 e. The van der Waals surface area contributed by atoms with Crippen LogP contribution in [0.1, 0.15) is 77.6 Å². The average molecular weight is 383 g/mol. The Morgan fingerprint density at radius 1 is 0.852 bits per heavy atom. The summed E-state index contributed by atoms with van der Waals surface area (Å²) in [6.45, 7) is 2.11. The van der Waals surface area contributed by atoms with Gasteiger partial charge in [0, 0.05) is 6.42 Å². The van der Waals surface area contributed by atoms with Crippen molar-refractivity contribution in [3.63, 3.8) is 0 Å². The summed E-state index contributed by atoms with van der Waals surface area (Å²) in [6.07, 6.45) is 17.4. The van der Waals surface area contributed by atoms with Crippen molar-refractivity contribution >= 4 is 5.97 Å². The van der Waals surface area contributed by atoms with E-state index in [0.29, 0.717) is 25.7 Å². The van der Waals surface area contributed by atoms with Gasteiger partial charge in [-0.25, -0.2) is 0 Å². The SMILES string of the molecule is CCCCCC(O)C(O)CC=CCC=CC=CC(O)CCCCCC(=O)O. The van der Waals surface area contributed by atoms with Gasteiger partial charge in [0.25, 0.3) is 0 Å². The van der Waals surface area contributed by atoms with Crippen molar-refractivity contribution in [3.05, 3.63) is 36.5 Å². The molecule has 0 saturated heterocycles.